The molecule has 2 aromatic rings. The van der Waals surface area contributed by atoms with E-state index in [1.54, 1.807) is 0 Å². The summed E-state index contributed by atoms with van der Waals surface area (Å²) in [4.78, 5) is 0. The first kappa shape index (κ1) is 11.3. The third kappa shape index (κ3) is 2.01. The first-order chi connectivity index (χ1) is 8.74. The molecule has 1 aliphatic heterocycles. The van der Waals surface area contributed by atoms with Crippen molar-refractivity contribution in [2.75, 3.05) is 6.61 Å². The molecule has 0 aromatic heterocycles. The van der Waals surface area contributed by atoms with E-state index in [0.717, 1.165) is 18.8 Å². The summed E-state index contributed by atoms with van der Waals surface area (Å²) < 4.78 is 5.93. The Morgan fingerprint density at radius 3 is 2.50 bits per heavy atom. The van der Waals surface area contributed by atoms with E-state index in [9.17, 15) is 0 Å². The van der Waals surface area contributed by atoms with Crippen LogP contribution in [0.15, 0.2) is 42.5 Å². The van der Waals surface area contributed by atoms with Crippen LogP contribution in [0, 0.1) is 13.8 Å². The highest BCUT2D eigenvalue weighted by molar-refractivity contribution is 5.44. The summed E-state index contributed by atoms with van der Waals surface area (Å²) in [5.41, 5.74) is 5.39. The molecule has 0 saturated carbocycles. The van der Waals surface area contributed by atoms with Gasteiger partial charge in [-0.2, -0.15) is 0 Å². The number of hydrogen-bond donors (Lipinski definition) is 0. The average molecular weight is 238 g/mol. The minimum Gasteiger partial charge on any atom is -0.493 e. The van der Waals surface area contributed by atoms with Gasteiger partial charge in [0, 0.05) is 5.92 Å². The maximum atomic E-state index is 5.93. The van der Waals surface area contributed by atoms with Crippen molar-refractivity contribution in [3.63, 3.8) is 0 Å². The summed E-state index contributed by atoms with van der Waals surface area (Å²) in [6, 6.07) is 15.1. The van der Waals surface area contributed by atoms with Crippen molar-refractivity contribution in [3.05, 3.63) is 64.7 Å². The van der Waals surface area contributed by atoms with Gasteiger partial charge in [-0.3, -0.25) is 0 Å². The third-order valence-electron chi connectivity index (χ3n) is 3.85. The molecule has 18 heavy (non-hydrogen) atoms. The molecule has 0 spiro atoms. The minimum absolute atomic E-state index is 0.487. The summed E-state index contributed by atoms with van der Waals surface area (Å²) in [5.74, 6) is 1.56. The fourth-order valence-corrected chi connectivity index (χ4v) is 2.60. The Labute approximate surface area is 108 Å². The molecule has 0 amide bonds. The van der Waals surface area contributed by atoms with Crippen LogP contribution < -0.4 is 4.74 Å². The normalized spacial score (nSPS) is 18.0. The molecule has 2 aromatic carbocycles. The van der Waals surface area contributed by atoms with E-state index in [1.165, 1.54) is 22.3 Å². The second-order valence-electron chi connectivity index (χ2n) is 5.17. The van der Waals surface area contributed by atoms with E-state index in [4.69, 9.17) is 4.74 Å². The van der Waals surface area contributed by atoms with Gasteiger partial charge in [-0.25, -0.2) is 0 Å². The number of fused-ring (bicyclic) bond motifs is 1. The van der Waals surface area contributed by atoms with Crippen LogP contribution in [0.25, 0.3) is 0 Å². The molecular weight excluding hydrogens is 220 g/mol. The predicted octanol–water partition coefficient (Wildman–Crippen LogP) is 4.02. The van der Waals surface area contributed by atoms with Crippen molar-refractivity contribution < 1.29 is 4.74 Å². The molecule has 92 valence electrons. The van der Waals surface area contributed by atoms with Crippen molar-refractivity contribution in [1.29, 1.82) is 0 Å². The summed E-state index contributed by atoms with van der Waals surface area (Å²) in [7, 11) is 0. The van der Waals surface area contributed by atoms with Crippen molar-refractivity contribution in [2.45, 2.75) is 26.2 Å². The summed E-state index contributed by atoms with van der Waals surface area (Å²) in [5, 5.41) is 0. The predicted molar refractivity (Wildman–Crippen MR) is 74.3 cm³/mol. The van der Waals surface area contributed by atoms with Gasteiger partial charge in [-0.15, -0.1) is 0 Å². The van der Waals surface area contributed by atoms with Crippen LogP contribution in [0.5, 0.6) is 5.75 Å². The van der Waals surface area contributed by atoms with Gasteiger partial charge in [0.2, 0.25) is 0 Å². The first-order valence-electron chi connectivity index (χ1n) is 6.52. The Morgan fingerprint density at radius 2 is 1.72 bits per heavy atom. The standard InChI is InChI=1S/C17H18O/c1-12-8-15-10-16(14-6-4-3-5-7-14)11-18-17(15)9-13(12)2/h3-9,16H,10-11H2,1-2H3/t16-/m1/s1. The Bertz CT molecular complexity index is 557. The van der Waals surface area contributed by atoms with Gasteiger partial charge in [0.15, 0.2) is 0 Å². The van der Waals surface area contributed by atoms with Crippen molar-refractivity contribution in [3.8, 4) is 5.75 Å². The highest BCUT2D eigenvalue weighted by Gasteiger charge is 2.21. The van der Waals surface area contributed by atoms with E-state index in [2.05, 4.69) is 56.3 Å². The molecule has 0 unspecified atom stereocenters. The van der Waals surface area contributed by atoms with Crippen LogP contribution in [0.1, 0.15) is 28.2 Å². The minimum atomic E-state index is 0.487. The van der Waals surface area contributed by atoms with Gasteiger partial charge >= 0.3 is 0 Å². The molecule has 1 nitrogen and oxygen atoms in total. The summed E-state index contributed by atoms with van der Waals surface area (Å²) >= 11 is 0. The monoisotopic (exact) mass is 238 g/mol. The van der Waals surface area contributed by atoms with Crippen LogP contribution in [0.3, 0.4) is 0 Å². The molecule has 1 aliphatic rings. The van der Waals surface area contributed by atoms with E-state index in [0.29, 0.717) is 5.92 Å². The van der Waals surface area contributed by atoms with Crippen LogP contribution in [0.4, 0.5) is 0 Å². The van der Waals surface area contributed by atoms with Crippen LogP contribution in [0.2, 0.25) is 0 Å². The first-order valence-corrected chi connectivity index (χ1v) is 6.52. The van der Waals surface area contributed by atoms with Gasteiger partial charge in [0.25, 0.3) is 0 Å². The zero-order valence-corrected chi connectivity index (χ0v) is 10.9. The lowest BCUT2D eigenvalue weighted by Crippen LogP contribution is -2.19. The topological polar surface area (TPSA) is 9.23 Å². The Hall–Kier alpha value is -1.76. The molecular formula is C17H18O. The summed E-state index contributed by atoms with van der Waals surface area (Å²) in [6.45, 7) is 5.10. The molecule has 1 atom stereocenters. The van der Waals surface area contributed by atoms with Gasteiger partial charge in [0.05, 0.1) is 6.61 Å². The quantitative estimate of drug-likeness (QED) is 0.729. The van der Waals surface area contributed by atoms with Gasteiger partial charge < -0.3 is 4.74 Å². The van der Waals surface area contributed by atoms with E-state index in [-0.39, 0.29) is 0 Å². The molecule has 0 bridgehead atoms. The molecule has 0 aliphatic carbocycles. The highest BCUT2D eigenvalue weighted by atomic mass is 16.5. The SMILES string of the molecule is Cc1cc2c(cc1C)OC[C@H](c1ccccc1)C2. The van der Waals surface area contributed by atoms with Crippen molar-refractivity contribution in [1.82, 2.24) is 0 Å². The van der Waals surface area contributed by atoms with E-state index >= 15 is 0 Å². The number of hydrogen-bond acceptors (Lipinski definition) is 1. The maximum absolute atomic E-state index is 5.93. The Balaban J connectivity index is 1.92. The Morgan fingerprint density at radius 1 is 1.00 bits per heavy atom. The lowest BCUT2D eigenvalue weighted by Gasteiger charge is -2.26. The van der Waals surface area contributed by atoms with Crippen molar-refractivity contribution >= 4 is 0 Å². The lowest BCUT2D eigenvalue weighted by molar-refractivity contribution is 0.262. The number of benzene rings is 2. The maximum Gasteiger partial charge on any atom is 0.122 e. The molecule has 0 radical (unpaired) electrons. The highest BCUT2D eigenvalue weighted by Crippen LogP contribution is 2.34. The smallest absolute Gasteiger partial charge is 0.122 e. The molecule has 0 fully saturated rings. The fraction of sp³-hybridized carbons (Fsp3) is 0.294. The second-order valence-corrected chi connectivity index (χ2v) is 5.17. The summed E-state index contributed by atoms with van der Waals surface area (Å²) in [6.07, 6.45) is 1.08. The second kappa shape index (κ2) is 4.49. The van der Waals surface area contributed by atoms with Crippen LogP contribution >= 0.6 is 0 Å². The number of ether oxygens (including phenoxy) is 1. The van der Waals surface area contributed by atoms with Crippen LogP contribution in [-0.4, -0.2) is 6.61 Å². The van der Waals surface area contributed by atoms with Crippen molar-refractivity contribution in [2.24, 2.45) is 0 Å². The van der Waals surface area contributed by atoms with E-state index in [1.807, 2.05) is 0 Å². The molecule has 1 heterocycles. The Kier molecular flexibility index (Phi) is 2.83. The molecule has 0 saturated heterocycles. The molecule has 3 rings (SSSR count). The fourth-order valence-electron chi connectivity index (χ4n) is 2.60. The largest absolute Gasteiger partial charge is 0.493 e. The molecule has 0 N–H and O–H groups in total. The third-order valence-corrected chi connectivity index (χ3v) is 3.85. The van der Waals surface area contributed by atoms with Gasteiger partial charge in [-0.05, 0) is 48.6 Å². The van der Waals surface area contributed by atoms with E-state index < -0.39 is 0 Å². The molecule has 1 heteroatoms. The average Bonchev–Trinajstić information content (AvgIpc) is 2.41. The van der Waals surface area contributed by atoms with Crippen LogP contribution in [-0.2, 0) is 6.42 Å². The van der Waals surface area contributed by atoms with Gasteiger partial charge in [-0.1, -0.05) is 36.4 Å². The lowest BCUT2D eigenvalue weighted by atomic mass is 9.89. The number of rotatable bonds is 1. The number of aryl methyl sites for hydroxylation is 2. The zero-order chi connectivity index (χ0) is 12.5. The van der Waals surface area contributed by atoms with Gasteiger partial charge in [0.1, 0.15) is 5.75 Å². The zero-order valence-electron chi connectivity index (χ0n) is 10.9.